The highest BCUT2D eigenvalue weighted by atomic mass is 32.2. The standard InChI is InChI=1S/C13H15F3N2OS/c14-13(15,16)11-10(7-4-8-17-11)12(19)18-20-9-5-2-1-3-6-9/h4,7-9H,1-3,5-6H2,(H,18,19). The molecule has 0 unspecified atom stereocenters. The topological polar surface area (TPSA) is 42.0 Å². The lowest BCUT2D eigenvalue weighted by molar-refractivity contribution is -0.141. The van der Waals surface area contributed by atoms with E-state index in [1.807, 2.05) is 0 Å². The van der Waals surface area contributed by atoms with Crippen LogP contribution in [0.1, 0.15) is 48.2 Å². The van der Waals surface area contributed by atoms with Crippen LogP contribution in [0.5, 0.6) is 0 Å². The van der Waals surface area contributed by atoms with Crippen molar-refractivity contribution in [1.29, 1.82) is 0 Å². The third kappa shape index (κ3) is 3.88. The molecule has 0 saturated heterocycles. The van der Waals surface area contributed by atoms with Crippen LogP contribution >= 0.6 is 11.9 Å². The summed E-state index contributed by atoms with van der Waals surface area (Å²) in [4.78, 5) is 15.2. The van der Waals surface area contributed by atoms with Crippen LogP contribution in [0.3, 0.4) is 0 Å². The van der Waals surface area contributed by atoms with E-state index in [1.54, 1.807) is 0 Å². The van der Waals surface area contributed by atoms with Gasteiger partial charge in [-0.3, -0.25) is 14.5 Å². The zero-order valence-electron chi connectivity index (χ0n) is 10.7. The molecule has 0 bridgehead atoms. The molecule has 3 nitrogen and oxygen atoms in total. The lowest BCUT2D eigenvalue weighted by Crippen LogP contribution is -2.25. The molecular formula is C13H15F3N2OS. The second-order valence-electron chi connectivity index (χ2n) is 4.71. The molecule has 0 aliphatic heterocycles. The minimum absolute atomic E-state index is 0.290. The SMILES string of the molecule is O=C(NSC1CCCCC1)c1cccnc1C(F)(F)F. The Balaban J connectivity index is 2.02. The van der Waals surface area contributed by atoms with Gasteiger partial charge in [0.25, 0.3) is 5.91 Å². The third-order valence-electron chi connectivity index (χ3n) is 3.19. The van der Waals surface area contributed by atoms with Crippen molar-refractivity contribution in [1.82, 2.24) is 9.71 Å². The van der Waals surface area contributed by atoms with Gasteiger partial charge in [0.05, 0.1) is 5.56 Å². The number of amides is 1. The Labute approximate surface area is 119 Å². The normalized spacial score (nSPS) is 16.9. The maximum Gasteiger partial charge on any atom is 0.434 e. The Kier molecular flexibility index (Phi) is 4.91. The van der Waals surface area contributed by atoms with Crippen LogP contribution < -0.4 is 4.72 Å². The molecule has 7 heteroatoms. The average molecular weight is 304 g/mol. The van der Waals surface area contributed by atoms with Crippen molar-refractivity contribution in [3.05, 3.63) is 29.6 Å². The predicted octanol–water partition coefficient (Wildman–Crippen LogP) is 3.81. The third-order valence-corrected chi connectivity index (χ3v) is 4.30. The number of nitrogens with one attached hydrogen (secondary N) is 1. The maximum atomic E-state index is 12.8. The van der Waals surface area contributed by atoms with Gasteiger partial charge in [0.1, 0.15) is 0 Å². The Morgan fingerprint density at radius 1 is 1.30 bits per heavy atom. The van der Waals surface area contributed by atoms with E-state index in [2.05, 4.69) is 9.71 Å². The Bertz CT molecular complexity index is 473. The fraction of sp³-hybridized carbons (Fsp3) is 0.538. The molecular weight excluding hydrogens is 289 g/mol. The maximum absolute atomic E-state index is 12.8. The summed E-state index contributed by atoms with van der Waals surface area (Å²) in [5.74, 6) is -0.735. The highest BCUT2D eigenvalue weighted by molar-refractivity contribution is 7.98. The number of pyridine rings is 1. The molecule has 2 rings (SSSR count). The van der Waals surface area contributed by atoms with E-state index in [-0.39, 0.29) is 0 Å². The number of alkyl halides is 3. The van der Waals surface area contributed by atoms with Crippen molar-refractivity contribution >= 4 is 17.9 Å². The van der Waals surface area contributed by atoms with Gasteiger partial charge >= 0.3 is 6.18 Å². The van der Waals surface area contributed by atoms with Crippen molar-refractivity contribution in [3.8, 4) is 0 Å². The first-order valence-electron chi connectivity index (χ1n) is 6.46. The lowest BCUT2D eigenvalue weighted by Gasteiger charge is -2.21. The van der Waals surface area contributed by atoms with E-state index in [4.69, 9.17) is 0 Å². The summed E-state index contributed by atoms with van der Waals surface area (Å²) in [5.41, 5.74) is -1.56. The molecule has 0 radical (unpaired) electrons. The summed E-state index contributed by atoms with van der Waals surface area (Å²) in [6.45, 7) is 0. The van der Waals surface area contributed by atoms with Crippen LogP contribution in [0.15, 0.2) is 18.3 Å². The second-order valence-corrected chi connectivity index (χ2v) is 5.81. The van der Waals surface area contributed by atoms with Crippen LogP contribution in [-0.2, 0) is 6.18 Å². The van der Waals surface area contributed by atoms with Gasteiger partial charge in [-0.05, 0) is 36.9 Å². The van der Waals surface area contributed by atoms with E-state index in [1.165, 1.54) is 24.4 Å². The predicted molar refractivity (Wildman–Crippen MR) is 71.2 cm³/mol. The fourth-order valence-electron chi connectivity index (χ4n) is 2.19. The molecule has 0 aromatic carbocycles. The molecule has 1 aromatic heterocycles. The molecule has 0 spiro atoms. The van der Waals surface area contributed by atoms with Crippen molar-refractivity contribution in [3.63, 3.8) is 0 Å². The number of nitrogens with zero attached hydrogens (tertiary/aromatic N) is 1. The number of hydrogen-bond donors (Lipinski definition) is 1. The molecule has 1 saturated carbocycles. The summed E-state index contributed by atoms with van der Waals surface area (Å²) in [7, 11) is 0. The van der Waals surface area contributed by atoms with Crippen LogP contribution in [-0.4, -0.2) is 16.1 Å². The van der Waals surface area contributed by atoms with Gasteiger partial charge in [-0.25, -0.2) is 0 Å². The van der Waals surface area contributed by atoms with E-state index in [0.29, 0.717) is 5.25 Å². The van der Waals surface area contributed by atoms with Gasteiger partial charge in [0, 0.05) is 11.4 Å². The molecule has 1 aliphatic rings. The summed E-state index contributed by atoms with van der Waals surface area (Å²) in [5, 5.41) is 0.290. The zero-order chi connectivity index (χ0) is 14.6. The van der Waals surface area contributed by atoms with Gasteiger partial charge in [-0.1, -0.05) is 19.3 Å². The monoisotopic (exact) mass is 304 g/mol. The molecule has 1 fully saturated rings. The van der Waals surface area contributed by atoms with Crippen molar-refractivity contribution in [2.24, 2.45) is 0 Å². The Morgan fingerprint density at radius 2 is 2.00 bits per heavy atom. The molecule has 110 valence electrons. The highest BCUT2D eigenvalue weighted by Crippen LogP contribution is 2.31. The summed E-state index contributed by atoms with van der Waals surface area (Å²) >= 11 is 1.22. The van der Waals surface area contributed by atoms with Gasteiger partial charge in [-0.15, -0.1) is 0 Å². The van der Waals surface area contributed by atoms with Crippen LogP contribution in [0.4, 0.5) is 13.2 Å². The van der Waals surface area contributed by atoms with Gasteiger partial charge < -0.3 is 0 Å². The zero-order valence-corrected chi connectivity index (χ0v) is 11.6. The van der Waals surface area contributed by atoms with Crippen LogP contribution in [0, 0.1) is 0 Å². The molecule has 1 aromatic rings. The fourth-order valence-corrected chi connectivity index (χ4v) is 3.14. The first-order chi connectivity index (χ1) is 9.48. The molecule has 20 heavy (non-hydrogen) atoms. The van der Waals surface area contributed by atoms with Crippen molar-refractivity contribution < 1.29 is 18.0 Å². The first kappa shape index (κ1) is 15.2. The largest absolute Gasteiger partial charge is 0.434 e. The number of rotatable bonds is 3. The van der Waals surface area contributed by atoms with Crippen LogP contribution in [0.25, 0.3) is 0 Å². The smallest absolute Gasteiger partial charge is 0.296 e. The molecule has 1 aliphatic carbocycles. The number of carbonyl (C=O) groups excluding carboxylic acids is 1. The molecule has 1 heterocycles. The quantitative estimate of drug-likeness (QED) is 0.863. The van der Waals surface area contributed by atoms with E-state index in [0.717, 1.165) is 37.9 Å². The van der Waals surface area contributed by atoms with Crippen molar-refractivity contribution in [2.45, 2.75) is 43.5 Å². The molecule has 0 atom stereocenters. The van der Waals surface area contributed by atoms with E-state index in [9.17, 15) is 18.0 Å². The molecule has 1 N–H and O–H groups in total. The summed E-state index contributed by atoms with van der Waals surface area (Å²) in [6, 6.07) is 2.47. The summed E-state index contributed by atoms with van der Waals surface area (Å²) < 4.78 is 40.8. The Hall–Kier alpha value is -1.24. The molecule has 1 amide bonds. The minimum atomic E-state index is -4.62. The second kappa shape index (κ2) is 6.47. The summed E-state index contributed by atoms with van der Waals surface area (Å²) in [6.07, 6.45) is 1.79. The van der Waals surface area contributed by atoms with E-state index < -0.39 is 23.3 Å². The number of carbonyl (C=O) groups is 1. The van der Waals surface area contributed by atoms with Gasteiger partial charge in [0.2, 0.25) is 0 Å². The average Bonchev–Trinajstić information content (AvgIpc) is 2.45. The Morgan fingerprint density at radius 3 is 2.65 bits per heavy atom. The number of halogens is 3. The van der Waals surface area contributed by atoms with Gasteiger partial charge in [-0.2, -0.15) is 13.2 Å². The van der Waals surface area contributed by atoms with E-state index >= 15 is 0 Å². The van der Waals surface area contributed by atoms with Crippen molar-refractivity contribution in [2.75, 3.05) is 0 Å². The van der Waals surface area contributed by atoms with Crippen LogP contribution in [0.2, 0.25) is 0 Å². The number of hydrogen-bond acceptors (Lipinski definition) is 3. The first-order valence-corrected chi connectivity index (χ1v) is 7.34. The lowest BCUT2D eigenvalue weighted by atomic mass is 10.0. The number of aromatic nitrogens is 1. The highest BCUT2D eigenvalue weighted by Gasteiger charge is 2.37. The minimum Gasteiger partial charge on any atom is -0.296 e. The van der Waals surface area contributed by atoms with Gasteiger partial charge in [0.15, 0.2) is 5.69 Å².